The van der Waals surface area contributed by atoms with Crippen LogP contribution in [0.5, 0.6) is 0 Å². The van der Waals surface area contributed by atoms with Crippen LogP contribution >= 0.6 is 7.82 Å². The lowest BCUT2D eigenvalue weighted by atomic mass is 10.0. The first kappa shape index (κ1) is 47.5. The van der Waals surface area contributed by atoms with E-state index >= 15 is 0 Å². The number of nitrogens with zero attached hydrogens (tertiary/aromatic N) is 1. The first-order valence-corrected chi connectivity index (χ1v) is 21.8. The maximum Gasteiger partial charge on any atom is 0.472 e. The lowest BCUT2D eigenvalue weighted by Crippen LogP contribution is -2.37. The number of hydrogen-bond acceptors (Lipinski definition) is 6. The summed E-state index contributed by atoms with van der Waals surface area (Å²) in [6.07, 6.45) is 32.9. The van der Waals surface area contributed by atoms with Crippen molar-refractivity contribution in [3.8, 4) is 0 Å². The topological polar surface area (TPSA) is 91.3 Å². The van der Waals surface area contributed by atoms with Crippen molar-refractivity contribution in [2.24, 2.45) is 0 Å². The van der Waals surface area contributed by atoms with Crippen LogP contribution in [0.15, 0.2) is 0 Å². The Morgan fingerprint density at radius 3 is 1.38 bits per heavy atom. The van der Waals surface area contributed by atoms with E-state index in [1.54, 1.807) is 0 Å². The quantitative estimate of drug-likeness (QED) is 0.0296. The predicted molar refractivity (Wildman–Crippen MR) is 201 cm³/mol. The molecule has 0 aromatic rings. The Morgan fingerprint density at radius 2 is 0.958 bits per heavy atom. The number of esters is 1. The fourth-order valence-electron chi connectivity index (χ4n) is 5.73. The zero-order chi connectivity index (χ0) is 35.6. The fraction of sp³-hybridized carbons (Fsp3) is 0.974. The van der Waals surface area contributed by atoms with Gasteiger partial charge in [0.05, 0.1) is 34.4 Å². The monoisotopic (exact) mass is 707 g/mol. The second-order valence-electron chi connectivity index (χ2n) is 15.0. The number of phosphoric acid groups is 1. The van der Waals surface area contributed by atoms with Crippen molar-refractivity contribution in [3.63, 3.8) is 0 Å². The van der Waals surface area contributed by atoms with Crippen LogP contribution in [0.3, 0.4) is 0 Å². The van der Waals surface area contributed by atoms with Gasteiger partial charge in [0.1, 0.15) is 19.3 Å². The number of ether oxygens (including phenoxy) is 2. The van der Waals surface area contributed by atoms with Crippen molar-refractivity contribution >= 4 is 13.8 Å². The maximum absolute atomic E-state index is 12.6. The largest absolute Gasteiger partial charge is 0.472 e. The average molecular weight is 707 g/mol. The number of quaternary nitrogens is 1. The van der Waals surface area contributed by atoms with E-state index in [1.807, 2.05) is 21.1 Å². The van der Waals surface area contributed by atoms with Gasteiger partial charge in [-0.3, -0.25) is 13.8 Å². The molecule has 0 amide bonds. The number of likely N-dealkylation sites (N-methyl/N-ethyl adjacent to an activating group) is 1. The molecular formula is C39H81NO7P+. The van der Waals surface area contributed by atoms with Crippen molar-refractivity contribution in [1.29, 1.82) is 0 Å². The summed E-state index contributed by atoms with van der Waals surface area (Å²) in [4.78, 5) is 22.7. The Hall–Kier alpha value is -0.500. The Morgan fingerprint density at radius 1 is 0.562 bits per heavy atom. The third-order valence-electron chi connectivity index (χ3n) is 8.92. The third-order valence-corrected chi connectivity index (χ3v) is 9.90. The van der Waals surface area contributed by atoms with Crippen LogP contribution < -0.4 is 0 Å². The Balaban J connectivity index is 4.02. The smallest absolute Gasteiger partial charge is 0.457 e. The number of rotatable bonds is 38. The van der Waals surface area contributed by atoms with E-state index in [1.165, 1.54) is 135 Å². The molecule has 0 saturated heterocycles. The van der Waals surface area contributed by atoms with Crippen LogP contribution in [0.2, 0.25) is 0 Å². The molecule has 8 nitrogen and oxygen atoms in total. The van der Waals surface area contributed by atoms with E-state index < -0.39 is 13.9 Å². The molecule has 0 aliphatic carbocycles. The second-order valence-corrected chi connectivity index (χ2v) is 16.5. The molecule has 0 heterocycles. The molecule has 0 aromatic heterocycles. The summed E-state index contributed by atoms with van der Waals surface area (Å²) in [6, 6.07) is 0. The Labute approximate surface area is 298 Å². The number of hydrogen-bond donors (Lipinski definition) is 1. The molecule has 288 valence electrons. The van der Waals surface area contributed by atoms with Crippen molar-refractivity contribution in [2.45, 2.75) is 193 Å². The van der Waals surface area contributed by atoms with E-state index in [9.17, 15) is 14.3 Å². The highest BCUT2D eigenvalue weighted by Gasteiger charge is 2.26. The van der Waals surface area contributed by atoms with Crippen LogP contribution in [0.25, 0.3) is 0 Å². The van der Waals surface area contributed by atoms with Gasteiger partial charge in [-0.2, -0.15) is 0 Å². The van der Waals surface area contributed by atoms with Crippen LogP contribution in [-0.4, -0.2) is 75.6 Å². The minimum Gasteiger partial charge on any atom is -0.457 e. The molecule has 2 unspecified atom stereocenters. The highest BCUT2D eigenvalue weighted by Crippen LogP contribution is 2.43. The third kappa shape index (κ3) is 36.8. The van der Waals surface area contributed by atoms with Crippen LogP contribution in [0.1, 0.15) is 187 Å². The van der Waals surface area contributed by atoms with Crippen LogP contribution in [0, 0.1) is 0 Å². The number of unbranched alkanes of at least 4 members (excludes halogenated alkanes) is 24. The summed E-state index contributed by atoms with van der Waals surface area (Å²) in [6.45, 7) is 5.61. The molecule has 0 saturated carbocycles. The van der Waals surface area contributed by atoms with Crippen LogP contribution in [-0.2, 0) is 27.9 Å². The zero-order valence-corrected chi connectivity index (χ0v) is 33.4. The molecule has 0 rings (SSSR count). The molecule has 2 atom stereocenters. The molecule has 48 heavy (non-hydrogen) atoms. The Kier molecular flexibility index (Phi) is 33.3. The summed E-state index contributed by atoms with van der Waals surface area (Å²) in [5, 5.41) is 0. The van der Waals surface area contributed by atoms with Crippen molar-refractivity contribution in [3.05, 3.63) is 0 Å². The average Bonchev–Trinajstić information content (AvgIpc) is 3.03. The molecule has 0 spiro atoms. The van der Waals surface area contributed by atoms with E-state index in [-0.39, 0.29) is 25.8 Å². The zero-order valence-electron chi connectivity index (χ0n) is 32.5. The Bertz CT molecular complexity index is 746. The lowest BCUT2D eigenvalue weighted by Gasteiger charge is -2.24. The molecule has 1 N–H and O–H groups in total. The highest BCUT2D eigenvalue weighted by atomic mass is 31.2. The summed E-state index contributed by atoms with van der Waals surface area (Å²) in [7, 11) is 1.68. The second kappa shape index (κ2) is 33.6. The predicted octanol–water partition coefficient (Wildman–Crippen LogP) is 11.3. The van der Waals surface area contributed by atoms with E-state index in [0.29, 0.717) is 24.1 Å². The van der Waals surface area contributed by atoms with Gasteiger partial charge in [0, 0.05) is 13.0 Å². The van der Waals surface area contributed by atoms with Crippen molar-refractivity contribution in [2.75, 3.05) is 54.1 Å². The first-order chi connectivity index (χ1) is 23.1. The van der Waals surface area contributed by atoms with Crippen LogP contribution in [0.4, 0.5) is 0 Å². The number of phosphoric ester groups is 1. The van der Waals surface area contributed by atoms with Gasteiger partial charge < -0.3 is 18.9 Å². The minimum absolute atomic E-state index is 0.0930. The number of carbonyl (C=O) groups is 1. The first-order valence-electron chi connectivity index (χ1n) is 20.3. The van der Waals surface area contributed by atoms with Gasteiger partial charge in [0.25, 0.3) is 0 Å². The number of carbonyl (C=O) groups excluding carboxylic acids is 1. The molecular weight excluding hydrogens is 625 g/mol. The molecule has 0 aromatic carbocycles. The molecule has 0 radical (unpaired) electrons. The standard InChI is InChI=1S/C39H80NO7P/c1-6-8-10-12-14-15-16-17-18-19-20-21-22-23-24-25-26-27-28-30-32-39(41)47-38(36-44-34-31-29-13-11-9-7-2)37-46-48(42,43)45-35-33-40(3,4)5/h38H,6-37H2,1-5H3/p+1. The van der Waals surface area contributed by atoms with Gasteiger partial charge >= 0.3 is 13.8 Å². The molecule has 0 aliphatic heterocycles. The SMILES string of the molecule is CCCCCCCCCCCCCCCCCCCCCCC(=O)OC(COCCCCCCCC)COP(=O)(O)OCC[N+](C)(C)C. The lowest BCUT2D eigenvalue weighted by molar-refractivity contribution is -0.870. The van der Waals surface area contributed by atoms with Gasteiger partial charge in [0.2, 0.25) is 0 Å². The molecule has 0 bridgehead atoms. The minimum atomic E-state index is -4.25. The van der Waals surface area contributed by atoms with E-state index in [2.05, 4.69) is 13.8 Å². The van der Waals surface area contributed by atoms with E-state index in [0.717, 1.165) is 32.1 Å². The maximum atomic E-state index is 12.6. The molecule has 0 fully saturated rings. The van der Waals surface area contributed by atoms with Crippen molar-refractivity contribution in [1.82, 2.24) is 0 Å². The van der Waals surface area contributed by atoms with Gasteiger partial charge in [0.15, 0.2) is 0 Å². The van der Waals surface area contributed by atoms with Crippen molar-refractivity contribution < 1.29 is 37.3 Å². The van der Waals surface area contributed by atoms with Gasteiger partial charge in [-0.1, -0.05) is 168 Å². The highest BCUT2D eigenvalue weighted by molar-refractivity contribution is 7.47. The van der Waals surface area contributed by atoms with E-state index in [4.69, 9.17) is 18.5 Å². The van der Waals surface area contributed by atoms with Gasteiger partial charge in [-0.05, 0) is 12.8 Å². The van der Waals surface area contributed by atoms with Gasteiger partial charge in [-0.25, -0.2) is 4.57 Å². The summed E-state index contributed by atoms with van der Waals surface area (Å²) in [5.41, 5.74) is 0. The van der Waals surface area contributed by atoms with Gasteiger partial charge in [-0.15, -0.1) is 0 Å². The molecule has 0 aliphatic rings. The summed E-state index contributed by atoms with van der Waals surface area (Å²) >= 11 is 0. The molecule has 9 heteroatoms. The summed E-state index contributed by atoms with van der Waals surface area (Å²) < 4.78 is 34.7. The fourth-order valence-corrected chi connectivity index (χ4v) is 6.47. The summed E-state index contributed by atoms with van der Waals surface area (Å²) in [5.74, 6) is -0.312. The normalized spacial score (nSPS) is 13.9.